The third-order valence-electron chi connectivity index (χ3n) is 4.95. The molecule has 8 nitrogen and oxygen atoms in total. The van der Waals surface area contributed by atoms with Crippen molar-refractivity contribution >= 4 is 57.5 Å². The average molecular weight is 505 g/mol. The normalized spacial score (nSPS) is 11.2. The van der Waals surface area contributed by atoms with Gasteiger partial charge in [0.1, 0.15) is 17.2 Å². The minimum absolute atomic E-state index is 0.0870. The van der Waals surface area contributed by atoms with Crippen LogP contribution in [-0.4, -0.2) is 33.3 Å². The second-order valence-corrected chi connectivity index (χ2v) is 9.30. The van der Waals surface area contributed by atoms with Crippen LogP contribution in [0.5, 0.6) is 0 Å². The number of aromatic nitrogens is 2. The molecular weight excluding hydrogens is 484 g/mol. The first-order chi connectivity index (χ1) is 17.1. The van der Waals surface area contributed by atoms with Gasteiger partial charge in [-0.3, -0.25) is 9.59 Å². The first-order valence-electron chi connectivity index (χ1n) is 10.7. The number of carbonyl (C=O) groups excluding carboxylic acids is 2. The molecule has 5 aromatic rings. The van der Waals surface area contributed by atoms with Crippen LogP contribution in [0.4, 0.5) is 0 Å². The van der Waals surface area contributed by atoms with Crippen LogP contribution in [0.25, 0.3) is 22.2 Å². The van der Waals surface area contributed by atoms with Gasteiger partial charge in [-0.2, -0.15) is 0 Å². The minimum atomic E-state index is -0.690. The smallest absolute Gasteiger partial charge is 0.257 e. The Hall–Kier alpha value is -3.76. The lowest BCUT2D eigenvalue weighted by atomic mass is 10.1. The van der Waals surface area contributed by atoms with Crippen molar-refractivity contribution in [2.75, 3.05) is 11.5 Å². The molecule has 0 bridgehead atoms. The van der Waals surface area contributed by atoms with Crippen LogP contribution in [0.2, 0.25) is 0 Å². The summed E-state index contributed by atoms with van der Waals surface area (Å²) in [6.07, 6.45) is -0.690. The number of nitrogens with zero attached hydrogens (tertiary/aromatic N) is 2. The Morgan fingerprint density at radius 3 is 1.63 bits per heavy atom. The Balaban J connectivity index is 1.19. The predicted octanol–water partition coefficient (Wildman–Crippen LogP) is 4.78. The zero-order chi connectivity index (χ0) is 24.0. The van der Waals surface area contributed by atoms with E-state index in [9.17, 15) is 9.59 Å². The van der Waals surface area contributed by atoms with E-state index in [-0.39, 0.29) is 23.3 Å². The number of hydrogen-bond donors (Lipinski definition) is 2. The third kappa shape index (κ3) is 5.84. The van der Waals surface area contributed by atoms with Gasteiger partial charge in [0.25, 0.3) is 10.4 Å². The minimum Gasteiger partial charge on any atom is -0.431 e. The van der Waals surface area contributed by atoms with E-state index in [0.717, 1.165) is 16.6 Å². The molecule has 176 valence electrons. The highest BCUT2D eigenvalue weighted by Gasteiger charge is 2.19. The van der Waals surface area contributed by atoms with Gasteiger partial charge in [-0.1, -0.05) is 78.1 Å². The highest BCUT2D eigenvalue weighted by molar-refractivity contribution is 8.00. The molecule has 2 heterocycles. The lowest BCUT2D eigenvalue weighted by molar-refractivity contribution is -0.121. The van der Waals surface area contributed by atoms with Crippen LogP contribution in [0, 0.1) is 0 Å². The summed E-state index contributed by atoms with van der Waals surface area (Å²) in [6, 6.07) is 24.1. The molecule has 35 heavy (non-hydrogen) atoms. The SMILES string of the molecule is O=C(CSc1nc2ccccc2o1)NC(NC(=O)CSc1nc2ccccc2o1)c1ccccc1. The second kappa shape index (κ2) is 10.7. The summed E-state index contributed by atoms with van der Waals surface area (Å²) in [4.78, 5) is 34.1. The second-order valence-electron chi connectivity index (χ2n) is 7.45. The predicted molar refractivity (Wildman–Crippen MR) is 135 cm³/mol. The van der Waals surface area contributed by atoms with Crippen molar-refractivity contribution in [3.63, 3.8) is 0 Å². The molecule has 0 aliphatic heterocycles. The molecule has 0 aliphatic rings. The highest BCUT2D eigenvalue weighted by atomic mass is 32.2. The van der Waals surface area contributed by atoms with E-state index in [1.807, 2.05) is 78.9 Å². The van der Waals surface area contributed by atoms with Crippen LogP contribution in [0.15, 0.2) is 98.1 Å². The van der Waals surface area contributed by atoms with Crippen LogP contribution in [0.3, 0.4) is 0 Å². The third-order valence-corrected chi connectivity index (χ3v) is 6.60. The zero-order valence-electron chi connectivity index (χ0n) is 18.3. The Labute approximate surface area is 208 Å². The van der Waals surface area contributed by atoms with Crippen molar-refractivity contribution in [1.82, 2.24) is 20.6 Å². The zero-order valence-corrected chi connectivity index (χ0v) is 20.0. The van der Waals surface area contributed by atoms with Gasteiger partial charge in [0.15, 0.2) is 11.2 Å². The van der Waals surface area contributed by atoms with Gasteiger partial charge in [-0.15, -0.1) is 0 Å². The molecule has 0 spiro atoms. The monoisotopic (exact) mass is 504 g/mol. The quantitative estimate of drug-likeness (QED) is 0.218. The van der Waals surface area contributed by atoms with Crippen molar-refractivity contribution in [3.8, 4) is 0 Å². The van der Waals surface area contributed by atoms with Gasteiger partial charge < -0.3 is 19.5 Å². The fraction of sp³-hybridized carbons (Fsp3) is 0.120. The largest absolute Gasteiger partial charge is 0.431 e. The standard InChI is InChI=1S/C25H20N4O4S2/c30-21(14-34-24-26-17-10-4-6-12-19(17)32-24)28-23(16-8-2-1-3-9-16)29-22(31)15-35-25-27-18-11-5-7-13-20(18)33-25/h1-13,23H,14-15H2,(H,28,30)(H,29,31). The van der Waals surface area contributed by atoms with Crippen LogP contribution < -0.4 is 10.6 Å². The first-order valence-corrected chi connectivity index (χ1v) is 12.7. The Bertz CT molecular complexity index is 1310. The molecule has 10 heteroatoms. The van der Waals surface area contributed by atoms with Crippen LogP contribution in [-0.2, 0) is 9.59 Å². The number of para-hydroxylation sites is 4. The number of nitrogens with one attached hydrogen (secondary N) is 2. The number of fused-ring (bicyclic) bond motifs is 2. The molecule has 0 radical (unpaired) electrons. The Kier molecular flexibility index (Phi) is 7.01. The van der Waals surface area contributed by atoms with E-state index < -0.39 is 6.17 Å². The number of thioether (sulfide) groups is 2. The summed E-state index contributed by atoms with van der Waals surface area (Å²) in [5.74, 6) is -0.357. The maximum atomic E-state index is 12.7. The summed E-state index contributed by atoms with van der Waals surface area (Å²) >= 11 is 2.39. The maximum absolute atomic E-state index is 12.7. The van der Waals surface area contributed by atoms with Gasteiger partial charge in [0.05, 0.1) is 11.5 Å². The average Bonchev–Trinajstić information content (AvgIpc) is 3.50. The van der Waals surface area contributed by atoms with E-state index in [1.165, 1.54) is 23.5 Å². The molecule has 2 N–H and O–H groups in total. The highest BCUT2D eigenvalue weighted by Crippen LogP contribution is 2.24. The number of benzene rings is 3. The fourth-order valence-electron chi connectivity index (χ4n) is 3.33. The summed E-state index contributed by atoms with van der Waals surface area (Å²) in [5.41, 5.74) is 3.57. The molecule has 2 aromatic heterocycles. The van der Waals surface area contributed by atoms with Gasteiger partial charge in [0.2, 0.25) is 11.8 Å². The number of amides is 2. The lowest BCUT2D eigenvalue weighted by Crippen LogP contribution is -2.42. The van der Waals surface area contributed by atoms with Crippen molar-refractivity contribution < 1.29 is 18.4 Å². The van der Waals surface area contributed by atoms with E-state index >= 15 is 0 Å². The molecule has 0 saturated carbocycles. The summed E-state index contributed by atoms with van der Waals surface area (Å²) in [5, 5.41) is 6.58. The molecule has 0 unspecified atom stereocenters. The van der Waals surface area contributed by atoms with E-state index in [4.69, 9.17) is 8.83 Å². The first kappa shape index (κ1) is 23.0. The Morgan fingerprint density at radius 2 is 1.14 bits per heavy atom. The maximum Gasteiger partial charge on any atom is 0.257 e. The topological polar surface area (TPSA) is 110 Å². The van der Waals surface area contributed by atoms with E-state index in [2.05, 4.69) is 20.6 Å². The van der Waals surface area contributed by atoms with Gasteiger partial charge in [-0.25, -0.2) is 9.97 Å². The number of oxazole rings is 2. The fourth-order valence-corrected chi connectivity index (χ4v) is 4.63. The van der Waals surface area contributed by atoms with Crippen LogP contribution >= 0.6 is 23.5 Å². The van der Waals surface area contributed by atoms with Gasteiger partial charge in [0, 0.05) is 0 Å². The van der Waals surface area contributed by atoms with Gasteiger partial charge >= 0.3 is 0 Å². The summed E-state index contributed by atoms with van der Waals surface area (Å²) in [7, 11) is 0. The molecule has 0 saturated heterocycles. The number of hydrogen-bond acceptors (Lipinski definition) is 8. The molecule has 0 aliphatic carbocycles. The van der Waals surface area contributed by atoms with Crippen molar-refractivity contribution in [2.45, 2.75) is 16.6 Å². The lowest BCUT2D eigenvalue weighted by Gasteiger charge is -2.20. The summed E-state index contributed by atoms with van der Waals surface area (Å²) < 4.78 is 11.3. The van der Waals surface area contributed by atoms with Crippen molar-refractivity contribution in [1.29, 1.82) is 0 Å². The summed E-state index contributed by atoms with van der Waals surface area (Å²) in [6.45, 7) is 0. The van der Waals surface area contributed by atoms with Gasteiger partial charge in [-0.05, 0) is 29.8 Å². The van der Waals surface area contributed by atoms with Crippen molar-refractivity contribution in [2.24, 2.45) is 0 Å². The number of rotatable bonds is 9. The molecule has 3 aromatic carbocycles. The van der Waals surface area contributed by atoms with Crippen molar-refractivity contribution in [3.05, 3.63) is 84.4 Å². The Morgan fingerprint density at radius 1 is 0.686 bits per heavy atom. The molecular formula is C25H20N4O4S2. The number of carbonyl (C=O) groups is 2. The molecule has 5 rings (SSSR count). The van der Waals surface area contributed by atoms with Crippen LogP contribution in [0.1, 0.15) is 11.7 Å². The van der Waals surface area contributed by atoms with E-state index in [0.29, 0.717) is 21.6 Å². The molecule has 0 fully saturated rings. The van der Waals surface area contributed by atoms with E-state index in [1.54, 1.807) is 0 Å². The molecule has 0 atom stereocenters. The molecule has 2 amide bonds.